The number of rotatable bonds is 3. The molecule has 1 heterocycles. The molecule has 1 aliphatic rings. The van der Waals surface area contributed by atoms with Gasteiger partial charge in [0, 0.05) is 44.6 Å². The van der Waals surface area contributed by atoms with Gasteiger partial charge in [-0.15, -0.1) is 0 Å². The van der Waals surface area contributed by atoms with E-state index in [-0.39, 0.29) is 11.7 Å². The van der Waals surface area contributed by atoms with E-state index >= 15 is 0 Å². The highest BCUT2D eigenvalue weighted by Crippen LogP contribution is 2.30. The van der Waals surface area contributed by atoms with Crippen LogP contribution in [0.5, 0.6) is 0 Å². The van der Waals surface area contributed by atoms with Crippen molar-refractivity contribution >= 4 is 23.4 Å². The Bertz CT molecular complexity index is 659. The SMILES string of the molecule is CNc1cc(C(=O)O)cc(N2CCN(C(=O)OC(C)(C)C)CC2)c1C. The fourth-order valence-corrected chi connectivity index (χ4v) is 2.87. The molecular weight excluding hydrogens is 322 g/mol. The minimum atomic E-state index is -0.954. The van der Waals surface area contributed by atoms with Crippen LogP contribution < -0.4 is 10.2 Å². The van der Waals surface area contributed by atoms with Gasteiger partial charge in [0.15, 0.2) is 0 Å². The van der Waals surface area contributed by atoms with Crippen LogP contribution in [0, 0.1) is 6.92 Å². The molecule has 25 heavy (non-hydrogen) atoms. The predicted molar refractivity (Wildman–Crippen MR) is 97.7 cm³/mol. The van der Waals surface area contributed by atoms with Crippen molar-refractivity contribution in [1.29, 1.82) is 0 Å². The smallest absolute Gasteiger partial charge is 0.410 e. The first-order valence-electron chi connectivity index (χ1n) is 8.41. The summed E-state index contributed by atoms with van der Waals surface area (Å²) < 4.78 is 5.41. The van der Waals surface area contributed by atoms with Crippen LogP contribution in [0.15, 0.2) is 12.1 Å². The Hall–Kier alpha value is -2.44. The van der Waals surface area contributed by atoms with E-state index in [0.29, 0.717) is 26.2 Å². The average Bonchev–Trinajstić information content (AvgIpc) is 2.53. The van der Waals surface area contributed by atoms with Crippen molar-refractivity contribution in [3.05, 3.63) is 23.3 Å². The zero-order valence-electron chi connectivity index (χ0n) is 15.5. The Morgan fingerprint density at radius 2 is 1.76 bits per heavy atom. The normalized spacial score (nSPS) is 15.1. The molecule has 0 saturated carbocycles. The van der Waals surface area contributed by atoms with Gasteiger partial charge in [0.05, 0.1) is 5.56 Å². The topological polar surface area (TPSA) is 82.1 Å². The summed E-state index contributed by atoms with van der Waals surface area (Å²) in [4.78, 5) is 27.3. The number of ether oxygens (including phenoxy) is 1. The Balaban J connectivity index is 2.14. The van der Waals surface area contributed by atoms with Gasteiger partial charge in [0.2, 0.25) is 0 Å². The lowest BCUT2D eigenvalue weighted by atomic mass is 10.1. The molecule has 0 spiro atoms. The van der Waals surface area contributed by atoms with Gasteiger partial charge in [-0.25, -0.2) is 9.59 Å². The highest BCUT2D eigenvalue weighted by atomic mass is 16.6. The molecule has 0 unspecified atom stereocenters. The van der Waals surface area contributed by atoms with Crippen molar-refractivity contribution in [2.24, 2.45) is 0 Å². The fourth-order valence-electron chi connectivity index (χ4n) is 2.87. The van der Waals surface area contributed by atoms with Gasteiger partial charge >= 0.3 is 12.1 Å². The summed E-state index contributed by atoms with van der Waals surface area (Å²) in [7, 11) is 1.78. The number of carboxylic acids is 1. The molecule has 1 saturated heterocycles. The van der Waals surface area contributed by atoms with Crippen LogP contribution >= 0.6 is 0 Å². The van der Waals surface area contributed by atoms with E-state index < -0.39 is 11.6 Å². The van der Waals surface area contributed by atoms with Crippen molar-refractivity contribution in [2.75, 3.05) is 43.4 Å². The lowest BCUT2D eigenvalue weighted by Gasteiger charge is -2.37. The van der Waals surface area contributed by atoms with Gasteiger partial charge in [-0.05, 0) is 45.4 Å². The summed E-state index contributed by atoms with van der Waals surface area (Å²) in [6.07, 6.45) is -0.306. The molecule has 0 radical (unpaired) electrons. The molecule has 138 valence electrons. The quantitative estimate of drug-likeness (QED) is 0.873. The first-order chi connectivity index (χ1) is 11.6. The number of carbonyl (C=O) groups excluding carboxylic acids is 1. The van der Waals surface area contributed by atoms with Crippen molar-refractivity contribution in [3.63, 3.8) is 0 Å². The summed E-state index contributed by atoms with van der Waals surface area (Å²) in [5.74, 6) is -0.954. The molecule has 1 amide bonds. The highest BCUT2D eigenvalue weighted by Gasteiger charge is 2.27. The number of nitrogens with one attached hydrogen (secondary N) is 1. The van der Waals surface area contributed by atoms with Gasteiger partial charge in [-0.2, -0.15) is 0 Å². The Kier molecular flexibility index (Phi) is 5.45. The molecular formula is C18H27N3O4. The summed E-state index contributed by atoms with van der Waals surface area (Å²) >= 11 is 0. The second kappa shape index (κ2) is 7.21. The lowest BCUT2D eigenvalue weighted by Crippen LogP contribution is -2.50. The molecule has 0 bridgehead atoms. The standard InChI is InChI=1S/C18H27N3O4/c1-12-14(19-5)10-13(16(22)23)11-15(12)20-6-8-21(9-7-20)17(24)25-18(2,3)4/h10-11,19H,6-9H2,1-5H3,(H,22,23). The third kappa shape index (κ3) is 4.55. The fraction of sp³-hybridized carbons (Fsp3) is 0.556. The third-order valence-electron chi connectivity index (χ3n) is 4.17. The van der Waals surface area contributed by atoms with Crippen LogP contribution in [0.2, 0.25) is 0 Å². The van der Waals surface area contributed by atoms with Crippen LogP contribution in [0.1, 0.15) is 36.7 Å². The molecule has 2 rings (SSSR count). The molecule has 1 aliphatic heterocycles. The number of carboxylic acid groups (broad SMARTS) is 1. The van der Waals surface area contributed by atoms with E-state index in [0.717, 1.165) is 16.9 Å². The first-order valence-corrected chi connectivity index (χ1v) is 8.41. The highest BCUT2D eigenvalue weighted by molar-refractivity contribution is 5.91. The second-order valence-corrected chi connectivity index (χ2v) is 7.18. The number of benzene rings is 1. The number of amides is 1. The monoisotopic (exact) mass is 349 g/mol. The van der Waals surface area contributed by atoms with E-state index in [9.17, 15) is 14.7 Å². The Morgan fingerprint density at radius 1 is 1.16 bits per heavy atom. The van der Waals surface area contributed by atoms with Crippen molar-refractivity contribution < 1.29 is 19.4 Å². The van der Waals surface area contributed by atoms with Crippen LogP contribution in [0.25, 0.3) is 0 Å². The second-order valence-electron chi connectivity index (χ2n) is 7.18. The summed E-state index contributed by atoms with van der Waals surface area (Å²) in [5.41, 5.74) is 2.41. The first kappa shape index (κ1) is 18.9. The molecule has 1 aromatic carbocycles. The largest absolute Gasteiger partial charge is 0.478 e. The number of hydrogen-bond donors (Lipinski definition) is 2. The van der Waals surface area contributed by atoms with Gasteiger partial charge < -0.3 is 25.0 Å². The van der Waals surface area contributed by atoms with E-state index in [1.54, 1.807) is 24.1 Å². The maximum absolute atomic E-state index is 12.2. The zero-order valence-corrected chi connectivity index (χ0v) is 15.5. The van der Waals surface area contributed by atoms with Gasteiger partial charge in [-0.3, -0.25) is 0 Å². The molecule has 7 heteroatoms. The molecule has 0 atom stereocenters. The Labute approximate surface area is 148 Å². The molecule has 1 fully saturated rings. The van der Waals surface area contributed by atoms with Crippen LogP contribution in [-0.2, 0) is 4.74 Å². The van der Waals surface area contributed by atoms with E-state index in [1.165, 1.54) is 0 Å². The van der Waals surface area contributed by atoms with Crippen LogP contribution in [0.3, 0.4) is 0 Å². The van der Waals surface area contributed by atoms with Crippen LogP contribution in [0.4, 0.5) is 16.2 Å². The van der Waals surface area contributed by atoms with Crippen molar-refractivity contribution in [1.82, 2.24) is 4.90 Å². The number of anilines is 2. The predicted octanol–water partition coefficient (Wildman–Crippen LogP) is 2.79. The van der Waals surface area contributed by atoms with E-state index in [1.807, 2.05) is 27.7 Å². The summed E-state index contributed by atoms with van der Waals surface area (Å²) in [5, 5.41) is 12.4. The zero-order chi connectivity index (χ0) is 18.8. The molecule has 1 aromatic rings. The number of nitrogens with zero attached hydrogens (tertiary/aromatic N) is 2. The minimum absolute atomic E-state index is 0.250. The average molecular weight is 349 g/mol. The third-order valence-corrected chi connectivity index (χ3v) is 4.17. The number of piperazine rings is 1. The number of hydrogen-bond acceptors (Lipinski definition) is 5. The molecule has 7 nitrogen and oxygen atoms in total. The molecule has 0 aromatic heterocycles. The van der Waals surface area contributed by atoms with Crippen molar-refractivity contribution in [3.8, 4) is 0 Å². The van der Waals surface area contributed by atoms with Crippen LogP contribution in [-0.4, -0.2) is 60.9 Å². The lowest BCUT2D eigenvalue weighted by molar-refractivity contribution is 0.0240. The van der Waals surface area contributed by atoms with Gasteiger partial charge in [0.1, 0.15) is 5.60 Å². The molecule has 2 N–H and O–H groups in total. The van der Waals surface area contributed by atoms with Gasteiger partial charge in [0.25, 0.3) is 0 Å². The number of aromatic carboxylic acids is 1. The summed E-state index contributed by atoms with van der Waals surface area (Å²) in [6, 6.07) is 3.33. The van der Waals surface area contributed by atoms with Gasteiger partial charge in [-0.1, -0.05) is 0 Å². The molecule has 0 aliphatic carbocycles. The summed E-state index contributed by atoms with van der Waals surface area (Å²) in [6.45, 7) is 9.86. The van der Waals surface area contributed by atoms with E-state index in [4.69, 9.17) is 4.74 Å². The maximum atomic E-state index is 12.2. The van der Waals surface area contributed by atoms with Crippen molar-refractivity contribution in [2.45, 2.75) is 33.3 Å². The minimum Gasteiger partial charge on any atom is -0.478 e. The Morgan fingerprint density at radius 3 is 2.24 bits per heavy atom. The number of carbonyl (C=O) groups is 2. The maximum Gasteiger partial charge on any atom is 0.410 e. The van der Waals surface area contributed by atoms with E-state index in [2.05, 4.69) is 10.2 Å².